The van der Waals surface area contributed by atoms with Crippen molar-refractivity contribution < 1.29 is 29.0 Å². The summed E-state index contributed by atoms with van der Waals surface area (Å²) in [6, 6.07) is 12.9. The molecule has 0 bridgehead atoms. The molecule has 0 radical (unpaired) electrons. The number of amides is 2. The van der Waals surface area contributed by atoms with Gasteiger partial charge in [0.05, 0.1) is 24.7 Å². The number of hydrogen-bond donors (Lipinski definition) is 2. The maximum absolute atomic E-state index is 13.0. The molecule has 2 atom stereocenters. The van der Waals surface area contributed by atoms with Crippen LogP contribution in [-0.4, -0.2) is 54.1 Å². The fraction of sp³-hybridized carbons (Fsp3) is 0.500. The normalized spacial score (nSPS) is 20.0. The predicted molar refractivity (Wildman–Crippen MR) is 144 cm³/mol. The molecule has 204 valence electrons. The van der Waals surface area contributed by atoms with Gasteiger partial charge in [0, 0.05) is 24.7 Å². The first kappa shape index (κ1) is 27.5. The molecule has 8 nitrogen and oxygen atoms in total. The van der Waals surface area contributed by atoms with Crippen LogP contribution in [0, 0.1) is 11.8 Å². The summed E-state index contributed by atoms with van der Waals surface area (Å²) < 4.78 is 10.6. The summed E-state index contributed by atoms with van der Waals surface area (Å²) in [4.78, 5) is 39.8. The number of ether oxygens (including phenoxy) is 2. The topological polar surface area (TPSA) is 105 Å². The number of rotatable bonds is 8. The summed E-state index contributed by atoms with van der Waals surface area (Å²) in [6.07, 6.45) is 4.59. The van der Waals surface area contributed by atoms with Gasteiger partial charge in [0.1, 0.15) is 0 Å². The molecule has 0 spiro atoms. The van der Waals surface area contributed by atoms with Crippen molar-refractivity contribution >= 4 is 23.5 Å². The molecule has 2 aliphatic rings. The van der Waals surface area contributed by atoms with Gasteiger partial charge >= 0.3 is 5.97 Å². The Morgan fingerprint density at radius 3 is 2.34 bits per heavy atom. The number of likely N-dealkylation sites (tertiary alicyclic amines) is 1. The van der Waals surface area contributed by atoms with Crippen molar-refractivity contribution in [2.45, 2.75) is 58.3 Å². The van der Waals surface area contributed by atoms with Gasteiger partial charge in [-0.1, -0.05) is 24.6 Å². The molecule has 1 heterocycles. The van der Waals surface area contributed by atoms with Crippen LogP contribution in [0.4, 0.5) is 5.69 Å². The monoisotopic (exact) mass is 522 g/mol. The lowest BCUT2D eigenvalue weighted by Gasteiger charge is -2.32. The highest BCUT2D eigenvalue weighted by atomic mass is 16.5. The SMILES string of the molecule is CCOC(=O)[C@@H]1CCC[C@H](C(=O)Nc2ccc(C3CCN(C(=O)c4cccc(OCC)c4O)CC3)cc2)C1. The first-order valence-electron chi connectivity index (χ1n) is 13.7. The van der Waals surface area contributed by atoms with E-state index in [2.05, 4.69) is 5.32 Å². The second-order valence-electron chi connectivity index (χ2n) is 10.1. The molecule has 0 aromatic heterocycles. The van der Waals surface area contributed by atoms with E-state index in [1.165, 1.54) is 5.56 Å². The van der Waals surface area contributed by atoms with E-state index < -0.39 is 0 Å². The van der Waals surface area contributed by atoms with E-state index in [0.717, 1.165) is 37.8 Å². The van der Waals surface area contributed by atoms with Crippen molar-refractivity contribution in [3.05, 3.63) is 53.6 Å². The van der Waals surface area contributed by atoms with Crippen LogP contribution in [-0.2, 0) is 14.3 Å². The standard InChI is InChI=1S/C30H38N2O6/c1-3-37-26-10-6-9-25(27(26)33)29(35)32-17-15-21(16-18-32)20-11-13-24(14-12-20)31-28(34)22-7-5-8-23(19-22)30(36)38-4-2/h6,9-14,21-23,33H,3-5,7-8,15-19H2,1-2H3,(H,31,34)/t22-,23+/m0/s1. The van der Waals surface area contributed by atoms with Crippen molar-refractivity contribution in [2.75, 3.05) is 31.6 Å². The van der Waals surface area contributed by atoms with Gasteiger partial charge in [0.2, 0.25) is 5.91 Å². The molecule has 38 heavy (non-hydrogen) atoms. The Kier molecular flexibility index (Phi) is 9.26. The van der Waals surface area contributed by atoms with E-state index in [1.807, 2.05) is 31.2 Å². The smallest absolute Gasteiger partial charge is 0.308 e. The van der Waals surface area contributed by atoms with E-state index in [1.54, 1.807) is 30.0 Å². The van der Waals surface area contributed by atoms with Gasteiger partial charge in [-0.05, 0) is 81.7 Å². The van der Waals surface area contributed by atoms with Crippen molar-refractivity contribution in [3.8, 4) is 11.5 Å². The first-order valence-corrected chi connectivity index (χ1v) is 13.7. The van der Waals surface area contributed by atoms with Crippen LogP contribution in [0.1, 0.15) is 74.2 Å². The van der Waals surface area contributed by atoms with E-state index >= 15 is 0 Å². The molecule has 0 unspecified atom stereocenters. The zero-order valence-electron chi connectivity index (χ0n) is 22.3. The molecular formula is C30H38N2O6. The number of anilines is 1. The third kappa shape index (κ3) is 6.47. The Labute approximate surface area is 224 Å². The average Bonchev–Trinajstić information content (AvgIpc) is 2.94. The lowest BCUT2D eigenvalue weighted by molar-refractivity contribution is -0.150. The van der Waals surface area contributed by atoms with E-state index in [9.17, 15) is 19.5 Å². The maximum Gasteiger partial charge on any atom is 0.308 e. The van der Waals surface area contributed by atoms with Gasteiger partial charge in [-0.25, -0.2) is 0 Å². The number of carbonyl (C=O) groups is 3. The van der Waals surface area contributed by atoms with Crippen molar-refractivity contribution in [1.82, 2.24) is 4.90 Å². The summed E-state index contributed by atoms with van der Waals surface area (Å²) in [6.45, 7) is 5.60. The zero-order chi connectivity index (χ0) is 27.1. The molecule has 2 aromatic carbocycles. The molecule has 2 amide bonds. The number of phenolic OH excluding ortho intramolecular Hbond substituents is 1. The van der Waals surface area contributed by atoms with Gasteiger partial charge < -0.3 is 24.8 Å². The molecule has 1 aliphatic carbocycles. The fourth-order valence-corrected chi connectivity index (χ4v) is 5.54. The Bertz CT molecular complexity index is 1120. The Morgan fingerprint density at radius 2 is 1.66 bits per heavy atom. The third-order valence-corrected chi connectivity index (χ3v) is 7.63. The number of benzene rings is 2. The highest BCUT2D eigenvalue weighted by Crippen LogP contribution is 2.34. The van der Waals surface area contributed by atoms with Gasteiger partial charge in [0.25, 0.3) is 5.91 Å². The summed E-state index contributed by atoms with van der Waals surface area (Å²) >= 11 is 0. The number of nitrogens with one attached hydrogen (secondary N) is 1. The first-order chi connectivity index (χ1) is 18.4. The summed E-state index contributed by atoms with van der Waals surface area (Å²) in [7, 11) is 0. The second kappa shape index (κ2) is 12.8. The molecular weight excluding hydrogens is 484 g/mol. The zero-order valence-corrected chi connectivity index (χ0v) is 22.3. The van der Waals surface area contributed by atoms with Crippen LogP contribution in [0.5, 0.6) is 11.5 Å². The Hall–Kier alpha value is -3.55. The van der Waals surface area contributed by atoms with Gasteiger partial charge in [-0.3, -0.25) is 14.4 Å². The summed E-state index contributed by atoms with van der Waals surface area (Å²) in [5.41, 5.74) is 2.19. The second-order valence-corrected chi connectivity index (χ2v) is 10.1. The lowest BCUT2D eigenvalue weighted by atomic mass is 9.81. The number of hydrogen-bond acceptors (Lipinski definition) is 6. The Balaban J connectivity index is 1.29. The molecule has 2 fully saturated rings. The fourth-order valence-electron chi connectivity index (χ4n) is 5.54. The van der Waals surface area contributed by atoms with Crippen molar-refractivity contribution in [1.29, 1.82) is 0 Å². The molecule has 8 heteroatoms. The predicted octanol–water partition coefficient (Wildman–Crippen LogP) is 5.12. The third-order valence-electron chi connectivity index (χ3n) is 7.63. The van der Waals surface area contributed by atoms with Crippen LogP contribution in [0.15, 0.2) is 42.5 Å². The van der Waals surface area contributed by atoms with Crippen LogP contribution < -0.4 is 10.1 Å². The maximum atomic E-state index is 13.0. The number of esters is 1. The largest absolute Gasteiger partial charge is 0.504 e. The molecule has 1 saturated heterocycles. The van der Waals surface area contributed by atoms with Crippen LogP contribution in [0.3, 0.4) is 0 Å². The van der Waals surface area contributed by atoms with E-state index in [-0.39, 0.29) is 40.9 Å². The lowest BCUT2D eigenvalue weighted by Crippen LogP contribution is -2.38. The highest BCUT2D eigenvalue weighted by molar-refractivity contribution is 5.97. The number of para-hydroxylation sites is 1. The minimum atomic E-state index is -0.197. The molecule has 2 aromatic rings. The highest BCUT2D eigenvalue weighted by Gasteiger charge is 2.32. The van der Waals surface area contributed by atoms with Crippen LogP contribution in [0.25, 0.3) is 0 Å². The summed E-state index contributed by atoms with van der Waals surface area (Å²) in [5.74, 6) is -0.283. The quantitative estimate of drug-likeness (QED) is 0.467. The van der Waals surface area contributed by atoms with Gasteiger partial charge in [-0.15, -0.1) is 0 Å². The number of nitrogens with zero attached hydrogens (tertiary/aromatic N) is 1. The van der Waals surface area contributed by atoms with Gasteiger partial charge in [-0.2, -0.15) is 0 Å². The van der Waals surface area contributed by atoms with E-state index in [4.69, 9.17) is 9.47 Å². The molecule has 1 aliphatic heterocycles. The van der Waals surface area contributed by atoms with Gasteiger partial charge in [0.15, 0.2) is 11.5 Å². The van der Waals surface area contributed by atoms with Crippen LogP contribution in [0.2, 0.25) is 0 Å². The number of phenols is 1. The molecule has 2 N–H and O–H groups in total. The number of aromatic hydroxyl groups is 1. The molecule has 4 rings (SSSR count). The minimum absolute atomic E-state index is 0.0461. The number of carbonyl (C=O) groups excluding carboxylic acids is 3. The minimum Gasteiger partial charge on any atom is -0.504 e. The van der Waals surface area contributed by atoms with Crippen molar-refractivity contribution in [2.24, 2.45) is 11.8 Å². The summed E-state index contributed by atoms with van der Waals surface area (Å²) in [5, 5.41) is 13.5. The average molecular weight is 523 g/mol. The van der Waals surface area contributed by atoms with E-state index in [0.29, 0.717) is 44.4 Å². The van der Waals surface area contributed by atoms with Crippen LogP contribution >= 0.6 is 0 Å². The number of piperidine rings is 1. The Morgan fingerprint density at radius 1 is 0.947 bits per heavy atom. The molecule has 1 saturated carbocycles. The van der Waals surface area contributed by atoms with Crippen molar-refractivity contribution in [3.63, 3.8) is 0 Å².